The Bertz CT molecular complexity index is 621. The van der Waals surface area contributed by atoms with Gasteiger partial charge in [-0.2, -0.15) is 0 Å². The van der Waals surface area contributed by atoms with Gasteiger partial charge < -0.3 is 15.0 Å². The summed E-state index contributed by atoms with van der Waals surface area (Å²) in [6.07, 6.45) is 0. The van der Waals surface area contributed by atoms with Crippen LogP contribution < -0.4 is 0 Å². The molecule has 2 rings (SSSR count). The highest BCUT2D eigenvalue weighted by Crippen LogP contribution is 2.23. The number of fused-ring (bicyclic) bond motifs is 1. The molecule has 1 aromatic heterocycles. The molecule has 0 atom stereocenters. The average molecular weight is 267 g/mol. The van der Waals surface area contributed by atoms with E-state index in [2.05, 4.69) is 4.98 Å². The summed E-state index contributed by atoms with van der Waals surface area (Å²) in [7, 11) is 1.43. The van der Waals surface area contributed by atoms with E-state index in [4.69, 9.17) is 16.7 Å². The van der Waals surface area contributed by atoms with Crippen molar-refractivity contribution >= 4 is 34.4 Å². The second kappa shape index (κ2) is 4.70. The number of nitrogens with zero attached hydrogens (tertiary/aromatic N) is 1. The first-order valence-electron chi connectivity index (χ1n) is 5.23. The van der Waals surface area contributed by atoms with E-state index in [1.54, 1.807) is 18.2 Å². The van der Waals surface area contributed by atoms with Gasteiger partial charge in [0.15, 0.2) is 0 Å². The van der Waals surface area contributed by atoms with E-state index in [1.165, 1.54) is 7.05 Å². The fraction of sp³-hybridized carbons (Fsp3) is 0.167. The molecular weight excluding hydrogens is 256 g/mol. The molecule has 2 N–H and O–H groups in total. The molecule has 0 aliphatic rings. The lowest BCUT2D eigenvalue weighted by Crippen LogP contribution is -2.32. The van der Waals surface area contributed by atoms with E-state index < -0.39 is 5.97 Å². The second-order valence-electron chi connectivity index (χ2n) is 3.94. The lowest BCUT2D eigenvalue weighted by molar-refractivity contribution is -0.137. The lowest BCUT2D eigenvalue weighted by atomic mass is 10.2. The molecule has 0 bridgehead atoms. The third-order valence-electron chi connectivity index (χ3n) is 2.55. The van der Waals surface area contributed by atoms with Gasteiger partial charge in [0.2, 0.25) is 0 Å². The number of halogens is 1. The molecule has 0 spiro atoms. The summed E-state index contributed by atoms with van der Waals surface area (Å²) in [6, 6.07) is 6.98. The molecule has 0 aliphatic carbocycles. The van der Waals surface area contributed by atoms with Crippen molar-refractivity contribution < 1.29 is 14.7 Å². The van der Waals surface area contributed by atoms with E-state index in [0.29, 0.717) is 16.2 Å². The molecule has 0 radical (unpaired) electrons. The van der Waals surface area contributed by atoms with Gasteiger partial charge in [-0.3, -0.25) is 9.59 Å². The maximum Gasteiger partial charge on any atom is 0.323 e. The van der Waals surface area contributed by atoms with Crippen LogP contribution in [0, 0.1) is 0 Å². The lowest BCUT2D eigenvalue weighted by Gasteiger charge is -2.12. The Morgan fingerprint density at radius 3 is 2.78 bits per heavy atom. The highest BCUT2D eigenvalue weighted by atomic mass is 35.5. The number of amides is 1. The van der Waals surface area contributed by atoms with Crippen LogP contribution in [0.15, 0.2) is 24.3 Å². The number of hydrogen-bond acceptors (Lipinski definition) is 2. The summed E-state index contributed by atoms with van der Waals surface area (Å²) in [5.74, 6) is -1.44. The largest absolute Gasteiger partial charge is 0.480 e. The molecule has 0 saturated heterocycles. The molecule has 6 heteroatoms. The molecule has 0 saturated carbocycles. The predicted octanol–water partition coefficient (Wildman–Crippen LogP) is 1.98. The number of carboxylic acid groups (broad SMARTS) is 1. The third-order valence-corrected chi connectivity index (χ3v) is 2.87. The van der Waals surface area contributed by atoms with Gasteiger partial charge in [-0.25, -0.2) is 0 Å². The van der Waals surface area contributed by atoms with Crippen LogP contribution in [0.25, 0.3) is 10.9 Å². The van der Waals surface area contributed by atoms with Gasteiger partial charge in [0, 0.05) is 12.4 Å². The van der Waals surface area contributed by atoms with Gasteiger partial charge in [-0.15, -0.1) is 0 Å². The fourth-order valence-electron chi connectivity index (χ4n) is 1.71. The van der Waals surface area contributed by atoms with Crippen LogP contribution in [0.2, 0.25) is 5.02 Å². The maximum atomic E-state index is 11.9. The summed E-state index contributed by atoms with van der Waals surface area (Å²) >= 11 is 5.99. The number of para-hydroxylation sites is 1. The van der Waals surface area contributed by atoms with Crippen molar-refractivity contribution in [2.24, 2.45) is 0 Å². The van der Waals surface area contributed by atoms with Crippen molar-refractivity contribution in [3.05, 3.63) is 35.0 Å². The second-order valence-corrected chi connectivity index (χ2v) is 4.35. The number of likely N-dealkylation sites (N-methyl/N-ethyl adjacent to an activating group) is 1. The number of benzene rings is 1. The van der Waals surface area contributed by atoms with E-state index >= 15 is 0 Å². The van der Waals surface area contributed by atoms with Crippen LogP contribution in [0.5, 0.6) is 0 Å². The number of carbonyl (C=O) groups excluding carboxylic acids is 1. The quantitative estimate of drug-likeness (QED) is 0.892. The van der Waals surface area contributed by atoms with Crippen LogP contribution in [-0.2, 0) is 4.79 Å². The number of aromatic amines is 1. The number of aromatic nitrogens is 1. The van der Waals surface area contributed by atoms with Gasteiger partial charge >= 0.3 is 5.97 Å². The smallest absolute Gasteiger partial charge is 0.323 e. The first kappa shape index (κ1) is 12.4. The number of aliphatic carboxylic acids is 1. The molecule has 0 unspecified atom stereocenters. The maximum absolute atomic E-state index is 11.9. The Morgan fingerprint density at radius 1 is 1.44 bits per heavy atom. The number of nitrogens with one attached hydrogen (secondary N) is 1. The van der Waals surface area contributed by atoms with Crippen molar-refractivity contribution in [1.29, 1.82) is 0 Å². The normalized spacial score (nSPS) is 10.6. The minimum absolute atomic E-state index is 0.321. The van der Waals surface area contributed by atoms with Crippen molar-refractivity contribution in [2.75, 3.05) is 13.6 Å². The van der Waals surface area contributed by atoms with E-state index in [-0.39, 0.29) is 12.5 Å². The summed E-state index contributed by atoms with van der Waals surface area (Å²) in [4.78, 5) is 26.5. The highest BCUT2D eigenvalue weighted by Gasteiger charge is 2.17. The summed E-state index contributed by atoms with van der Waals surface area (Å²) in [5.41, 5.74) is 0.994. The number of carboxylic acids is 1. The van der Waals surface area contributed by atoms with E-state index in [9.17, 15) is 9.59 Å². The van der Waals surface area contributed by atoms with E-state index in [0.717, 1.165) is 10.3 Å². The summed E-state index contributed by atoms with van der Waals surface area (Å²) in [6.45, 7) is -0.345. The predicted molar refractivity (Wildman–Crippen MR) is 67.9 cm³/mol. The molecule has 1 amide bonds. The molecule has 0 aliphatic heterocycles. The van der Waals surface area contributed by atoms with Crippen molar-refractivity contribution in [3.8, 4) is 0 Å². The average Bonchev–Trinajstić information content (AvgIpc) is 2.72. The summed E-state index contributed by atoms with van der Waals surface area (Å²) in [5, 5.41) is 9.97. The number of hydrogen-bond donors (Lipinski definition) is 2. The number of H-pyrrole nitrogens is 1. The van der Waals surface area contributed by atoms with E-state index in [1.807, 2.05) is 6.07 Å². The molecule has 1 aromatic carbocycles. The molecule has 2 aromatic rings. The Kier molecular flexibility index (Phi) is 3.25. The van der Waals surface area contributed by atoms with Gasteiger partial charge in [0.05, 0.1) is 10.5 Å². The van der Waals surface area contributed by atoms with Crippen molar-refractivity contribution in [3.63, 3.8) is 0 Å². The molecule has 0 fully saturated rings. The van der Waals surface area contributed by atoms with Gasteiger partial charge in [-0.05, 0) is 12.1 Å². The van der Waals surface area contributed by atoms with Gasteiger partial charge in [-0.1, -0.05) is 23.7 Å². The van der Waals surface area contributed by atoms with Crippen LogP contribution in [0.1, 0.15) is 10.5 Å². The fourth-order valence-corrected chi connectivity index (χ4v) is 1.94. The Hall–Kier alpha value is -2.01. The monoisotopic (exact) mass is 266 g/mol. The first-order valence-corrected chi connectivity index (χ1v) is 5.61. The molecule has 1 heterocycles. The van der Waals surface area contributed by atoms with Crippen molar-refractivity contribution in [2.45, 2.75) is 0 Å². The minimum atomic E-state index is -1.06. The van der Waals surface area contributed by atoms with Crippen molar-refractivity contribution in [1.82, 2.24) is 9.88 Å². The zero-order chi connectivity index (χ0) is 13.3. The molecule has 5 nitrogen and oxygen atoms in total. The SMILES string of the molecule is CN(CC(=O)O)C(=O)c1cc2cccc(Cl)c2[nH]1. The Labute approximate surface area is 108 Å². The van der Waals surface area contributed by atoms with Crippen LogP contribution in [0.3, 0.4) is 0 Å². The standard InChI is InChI=1S/C12H11ClN2O3/c1-15(6-10(16)17)12(18)9-5-7-3-2-4-8(13)11(7)14-9/h2-5,14H,6H2,1H3,(H,16,17). The third kappa shape index (κ3) is 2.31. The van der Waals surface area contributed by atoms with Crippen LogP contribution >= 0.6 is 11.6 Å². The zero-order valence-electron chi connectivity index (χ0n) is 9.61. The molecule has 94 valence electrons. The van der Waals surface area contributed by atoms with Gasteiger partial charge in [0.25, 0.3) is 5.91 Å². The van der Waals surface area contributed by atoms with Crippen LogP contribution in [-0.4, -0.2) is 40.5 Å². The van der Waals surface area contributed by atoms with Gasteiger partial charge in [0.1, 0.15) is 12.2 Å². The molecule has 18 heavy (non-hydrogen) atoms. The topological polar surface area (TPSA) is 73.4 Å². The number of carbonyl (C=O) groups is 2. The minimum Gasteiger partial charge on any atom is -0.480 e. The first-order chi connectivity index (χ1) is 8.49. The number of rotatable bonds is 3. The summed E-state index contributed by atoms with van der Waals surface area (Å²) < 4.78 is 0. The Balaban J connectivity index is 2.34. The highest BCUT2D eigenvalue weighted by molar-refractivity contribution is 6.35. The Morgan fingerprint density at radius 2 is 2.17 bits per heavy atom. The van der Waals surface area contributed by atoms with Crippen LogP contribution in [0.4, 0.5) is 0 Å². The zero-order valence-corrected chi connectivity index (χ0v) is 10.4. The molecular formula is C12H11ClN2O3.